The van der Waals surface area contributed by atoms with E-state index in [0.29, 0.717) is 29.3 Å². The van der Waals surface area contributed by atoms with Crippen LogP contribution in [0.3, 0.4) is 0 Å². The fourth-order valence-corrected chi connectivity index (χ4v) is 2.39. The molecule has 0 radical (unpaired) electrons. The number of para-hydroxylation sites is 2. The Morgan fingerprint density at radius 3 is 2.96 bits per heavy atom. The molecule has 0 bridgehead atoms. The molecule has 1 aromatic carbocycles. The molecule has 3 aromatic rings. The van der Waals surface area contributed by atoms with Crippen LogP contribution in [0, 0.1) is 6.92 Å². The van der Waals surface area contributed by atoms with Crippen LogP contribution in [0.25, 0.3) is 11.1 Å². The van der Waals surface area contributed by atoms with Crippen LogP contribution < -0.4 is 15.8 Å². The van der Waals surface area contributed by atoms with E-state index in [1.54, 1.807) is 36.5 Å². The number of nitrogens with zero attached hydrogens (tertiary/aromatic N) is 2. The average molecular weight is 327 g/mol. The van der Waals surface area contributed by atoms with Crippen LogP contribution in [0.2, 0.25) is 0 Å². The first-order valence-electron chi connectivity index (χ1n) is 7.56. The van der Waals surface area contributed by atoms with Crippen molar-refractivity contribution < 1.29 is 13.9 Å². The maximum absolute atomic E-state index is 12.3. The van der Waals surface area contributed by atoms with E-state index in [1.807, 2.05) is 13.8 Å². The lowest BCUT2D eigenvalue weighted by molar-refractivity contribution is -0.116. The average Bonchev–Trinajstić information content (AvgIpc) is 2.86. The maximum Gasteiger partial charge on any atom is 0.420 e. The van der Waals surface area contributed by atoms with Gasteiger partial charge in [-0.25, -0.2) is 9.78 Å². The Balaban J connectivity index is 1.84. The Labute approximate surface area is 137 Å². The minimum absolute atomic E-state index is 0.157. The zero-order chi connectivity index (χ0) is 17.1. The van der Waals surface area contributed by atoms with Crippen molar-refractivity contribution in [1.29, 1.82) is 0 Å². The third-order valence-corrected chi connectivity index (χ3v) is 3.42. The zero-order valence-electron chi connectivity index (χ0n) is 13.4. The van der Waals surface area contributed by atoms with Gasteiger partial charge in [0, 0.05) is 6.20 Å². The molecule has 0 saturated heterocycles. The summed E-state index contributed by atoms with van der Waals surface area (Å²) in [6.07, 6.45) is 1.66. The van der Waals surface area contributed by atoms with Crippen molar-refractivity contribution in [3.05, 3.63) is 52.6 Å². The van der Waals surface area contributed by atoms with Crippen LogP contribution in [-0.4, -0.2) is 22.1 Å². The number of fused-ring (bicyclic) bond motifs is 1. The number of pyridine rings is 1. The number of aromatic nitrogens is 2. The molecule has 7 nitrogen and oxygen atoms in total. The second-order valence-electron chi connectivity index (χ2n) is 5.27. The highest BCUT2D eigenvalue weighted by Gasteiger charge is 2.14. The standard InChI is InChI=1S/C17H17N3O4/c1-3-23-16-12(8-11(2)9-18-16)19-15(21)10-20-13-6-4-5-7-14(13)24-17(20)22/h4-9H,3,10H2,1-2H3,(H,19,21). The smallest absolute Gasteiger partial charge is 0.420 e. The molecular weight excluding hydrogens is 310 g/mol. The van der Waals surface area contributed by atoms with Gasteiger partial charge >= 0.3 is 5.76 Å². The normalized spacial score (nSPS) is 10.8. The predicted octanol–water partition coefficient (Wildman–Crippen LogP) is 2.34. The van der Waals surface area contributed by atoms with Crippen LogP contribution >= 0.6 is 0 Å². The lowest BCUT2D eigenvalue weighted by atomic mass is 10.3. The first-order chi connectivity index (χ1) is 11.6. The summed E-state index contributed by atoms with van der Waals surface area (Å²) in [4.78, 5) is 28.4. The minimum atomic E-state index is -0.571. The molecule has 124 valence electrons. The molecule has 0 atom stereocenters. The molecular formula is C17H17N3O4. The van der Waals surface area contributed by atoms with Crippen LogP contribution in [-0.2, 0) is 11.3 Å². The largest absolute Gasteiger partial charge is 0.476 e. The number of aryl methyl sites for hydroxylation is 1. The number of hydrogen-bond acceptors (Lipinski definition) is 5. The lowest BCUT2D eigenvalue weighted by Gasteiger charge is -2.11. The quantitative estimate of drug-likeness (QED) is 0.777. The molecule has 3 rings (SSSR count). The molecule has 24 heavy (non-hydrogen) atoms. The van der Waals surface area contributed by atoms with Crippen molar-refractivity contribution in [3.63, 3.8) is 0 Å². The van der Waals surface area contributed by atoms with Gasteiger partial charge in [0.15, 0.2) is 5.58 Å². The zero-order valence-corrected chi connectivity index (χ0v) is 13.4. The number of ether oxygens (including phenoxy) is 1. The topological polar surface area (TPSA) is 86.4 Å². The summed E-state index contributed by atoms with van der Waals surface area (Å²) in [5, 5.41) is 2.74. The summed E-state index contributed by atoms with van der Waals surface area (Å²) >= 11 is 0. The molecule has 0 spiro atoms. The summed E-state index contributed by atoms with van der Waals surface area (Å²) in [6, 6.07) is 8.73. The molecule has 0 aliphatic heterocycles. The molecule has 0 aliphatic rings. The highest BCUT2D eigenvalue weighted by atomic mass is 16.5. The van der Waals surface area contributed by atoms with Gasteiger partial charge in [0.05, 0.1) is 12.1 Å². The fraction of sp³-hybridized carbons (Fsp3) is 0.235. The van der Waals surface area contributed by atoms with Gasteiger partial charge in [0.2, 0.25) is 11.8 Å². The van der Waals surface area contributed by atoms with E-state index in [1.165, 1.54) is 4.57 Å². The van der Waals surface area contributed by atoms with Crippen LogP contribution in [0.15, 0.2) is 45.7 Å². The molecule has 2 aromatic heterocycles. The Kier molecular flexibility index (Phi) is 4.33. The Hall–Kier alpha value is -3.09. The van der Waals surface area contributed by atoms with Gasteiger partial charge in [-0.15, -0.1) is 0 Å². The summed E-state index contributed by atoms with van der Waals surface area (Å²) in [6.45, 7) is 3.98. The Morgan fingerprint density at radius 2 is 2.17 bits per heavy atom. The SMILES string of the molecule is CCOc1ncc(C)cc1NC(=O)Cn1c(=O)oc2ccccc21. The summed E-state index contributed by atoms with van der Waals surface area (Å²) in [7, 11) is 0. The van der Waals surface area contributed by atoms with E-state index in [9.17, 15) is 9.59 Å². The number of carbonyl (C=O) groups excluding carboxylic acids is 1. The first-order valence-corrected chi connectivity index (χ1v) is 7.56. The first kappa shape index (κ1) is 15.8. The number of amides is 1. The second kappa shape index (κ2) is 6.57. The van der Waals surface area contributed by atoms with E-state index < -0.39 is 5.76 Å². The van der Waals surface area contributed by atoms with Crippen LogP contribution in [0.5, 0.6) is 5.88 Å². The van der Waals surface area contributed by atoms with Gasteiger partial charge < -0.3 is 14.5 Å². The monoisotopic (exact) mass is 327 g/mol. The number of oxazole rings is 1. The van der Waals surface area contributed by atoms with E-state index in [4.69, 9.17) is 9.15 Å². The summed E-state index contributed by atoms with van der Waals surface area (Å²) < 4.78 is 11.8. The Bertz CT molecular complexity index is 942. The van der Waals surface area contributed by atoms with E-state index >= 15 is 0 Å². The molecule has 2 heterocycles. The van der Waals surface area contributed by atoms with Crippen molar-refractivity contribution in [2.24, 2.45) is 0 Å². The molecule has 0 unspecified atom stereocenters. The molecule has 0 fully saturated rings. The lowest BCUT2D eigenvalue weighted by Crippen LogP contribution is -2.25. The summed E-state index contributed by atoms with van der Waals surface area (Å²) in [5.41, 5.74) is 2.38. The highest BCUT2D eigenvalue weighted by molar-refractivity contribution is 5.92. The van der Waals surface area contributed by atoms with Gasteiger partial charge in [0.25, 0.3) is 0 Å². The summed E-state index contributed by atoms with van der Waals surface area (Å²) in [5.74, 6) is -0.586. The molecule has 0 aliphatic carbocycles. The third-order valence-electron chi connectivity index (χ3n) is 3.42. The van der Waals surface area contributed by atoms with Crippen LogP contribution in [0.1, 0.15) is 12.5 Å². The fourth-order valence-electron chi connectivity index (χ4n) is 2.39. The molecule has 7 heteroatoms. The molecule has 0 saturated carbocycles. The number of rotatable bonds is 5. The Morgan fingerprint density at radius 1 is 1.38 bits per heavy atom. The van der Waals surface area contributed by atoms with E-state index in [2.05, 4.69) is 10.3 Å². The predicted molar refractivity (Wildman–Crippen MR) is 89.2 cm³/mol. The number of hydrogen-bond donors (Lipinski definition) is 1. The number of benzene rings is 1. The van der Waals surface area contributed by atoms with Gasteiger partial charge in [-0.3, -0.25) is 9.36 Å². The van der Waals surface area contributed by atoms with Gasteiger partial charge in [-0.05, 0) is 37.6 Å². The van der Waals surface area contributed by atoms with E-state index in [0.717, 1.165) is 5.56 Å². The molecule has 1 N–H and O–H groups in total. The van der Waals surface area contributed by atoms with Crippen molar-refractivity contribution in [2.75, 3.05) is 11.9 Å². The highest BCUT2D eigenvalue weighted by Crippen LogP contribution is 2.22. The van der Waals surface area contributed by atoms with Gasteiger partial charge in [0.1, 0.15) is 12.2 Å². The van der Waals surface area contributed by atoms with Gasteiger partial charge in [-0.2, -0.15) is 0 Å². The number of nitrogens with one attached hydrogen (secondary N) is 1. The van der Waals surface area contributed by atoms with Crippen molar-refractivity contribution >= 4 is 22.7 Å². The van der Waals surface area contributed by atoms with Crippen molar-refractivity contribution in [3.8, 4) is 5.88 Å². The number of anilines is 1. The minimum Gasteiger partial charge on any atom is -0.476 e. The van der Waals surface area contributed by atoms with Crippen LogP contribution in [0.4, 0.5) is 5.69 Å². The second-order valence-corrected chi connectivity index (χ2v) is 5.27. The molecule has 1 amide bonds. The van der Waals surface area contributed by atoms with Crippen molar-refractivity contribution in [1.82, 2.24) is 9.55 Å². The maximum atomic E-state index is 12.3. The van der Waals surface area contributed by atoms with E-state index in [-0.39, 0.29) is 12.5 Å². The van der Waals surface area contributed by atoms with Gasteiger partial charge in [-0.1, -0.05) is 12.1 Å². The van der Waals surface area contributed by atoms with Crippen molar-refractivity contribution in [2.45, 2.75) is 20.4 Å². The number of carbonyl (C=O) groups is 1. The third kappa shape index (κ3) is 3.15.